The number of aliphatic carboxylic acids is 1. The van der Waals surface area contributed by atoms with Gasteiger partial charge >= 0.3 is 12.0 Å². The second kappa shape index (κ2) is 6.27. The van der Waals surface area contributed by atoms with Crippen LogP contribution >= 0.6 is 0 Å². The van der Waals surface area contributed by atoms with Gasteiger partial charge in [0.15, 0.2) is 0 Å². The van der Waals surface area contributed by atoms with Gasteiger partial charge in [-0.1, -0.05) is 18.9 Å². The van der Waals surface area contributed by atoms with E-state index in [2.05, 4.69) is 11.9 Å². The Morgan fingerprint density at radius 3 is 2.71 bits per heavy atom. The van der Waals surface area contributed by atoms with E-state index in [1.807, 2.05) is 6.92 Å². The maximum absolute atomic E-state index is 11.8. The summed E-state index contributed by atoms with van der Waals surface area (Å²) in [6.07, 6.45) is 4.98. The van der Waals surface area contributed by atoms with Gasteiger partial charge in [-0.25, -0.2) is 4.79 Å². The molecule has 96 valence electrons. The number of hydrogen-bond acceptors (Lipinski definition) is 2. The second-order valence-corrected chi connectivity index (χ2v) is 4.59. The molecule has 0 radical (unpaired) electrons. The lowest BCUT2D eigenvalue weighted by Crippen LogP contribution is -2.46. The first kappa shape index (κ1) is 13.5. The summed E-state index contributed by atoms with van der Waals surface area (Å²) in [5.41, 5.74) is 0. The van der Waals surface area contributed by atoms with Gasteiger partial charge in [-0.3, -0.25) is 4.79 Å². The van der Waals surface area contributed by atoms with Crippen molar-refractivity contribution < 1.29 is 14.7 Å². The summed E-state index contributed by atoms with van der Waals surface area (Å²) in [5.74, 6) is -0.283. The number of rotatable bonds is 7. The standard InChI is InChI=1S/C12H20N2O3/c1-3-6-14(8-11(15)16)12(17)13-9(2)7-10-4-5-10/h3,9-10H,1,4-8H2,2H3,(H,13,17)(H,15,16). The Balaban J connectivity index is 2.38. The molecule has 0 aromatic heterocycles. The van der Waals surface area contributed by atoms with Crippen LogP contribution in [0.25, 0.3) is 0 Å². The predicted octanol–water partition coefficient (Wildman–Crippen LogP) is 1.46. The molecular weight excluding hydrogens is 220 g/mol. The zero-order chi connectivity index (χ0) is 12.8. The highest BCUT2D eigenvalue weighted by atomic mass is 16.4. The third-order valence-corrected chi connectivity index (χ3v) is 2.72. The third kappa shape index (κ3) is 5.38. The molecule has 2 N–H and O–H groups in total. The lowest BCUT2D eigenvalue weighted by atomic mass is 10.2. The van der Waals surface area contributed by atoms with Crippen LogP contribution in [0.3, 0.4) is 0 Å². The molecule has 0 aromatic rings. The van der Waals surface area contributed by atoms with Crippen LogP contribution in [0.5, 0.6) is 0 Å². The number of nitrogens with zero attached hydrogens (tertiary/aromatic N) is 1. The minimum absolute atomic E-state index is 0.0936. The van der Waals surface area contributed by atoms with Crippen LogP contribution in [0.4, 0.5) is 4.79 Å². The molecule has 1 aliphatic carbocycles. The van der Waals surface area contributed by atoms with E-state index < -0.39 is 5.97 Å². The smallest absolute Gasteiger partial charge is 0.323 e. The fourth-order valence-corrected chi connectivity index (χ4v) is 1.75. The Hall–Kier alpha value is -1.52. The van der Waals surface area contributed by atoms with Gasteiger partial charge in [0.2, 0.25) is 0 Å². The SMILES string of the molecule is C=CCN(CC(=O)O)C(=O)NC(C)CC1CC1. The number of carbonyl (C=O) groups excluding carboxylic acids is 1. The molecule has 17 heavy (non-hydrogen) atoms. The number of nitrogens with one attached hydrogen (secondary N) is 1. The van der Waals surface area contributed by atoms with Crippen molar-refractivity contribution in [3.05, 3.63) is 12.7 Å². The Kier molecular flexibility index (Phi) is 5.00. The predicted molar refractivity (Wildman–Crippen MR) is 64.7 cm³/mol. The first-order valence-corrected chi connectivity index (χ1v) is 5.91. The monoisotopic (exact) mass is 240 g/mol. The van der Waals surface area contributed by atoms with Gasteiger partial charge in [-0.2, -0.15) is 0 Å². The van der Waals surface area contributed by atoms with E-state index in [9.17, 15) is 9.59 Å². The average Bonchev–Trinajstić information content (AvgIpc) is 3.00. The molecule has 0 aliphatic heterocycles. The first-order chi connectivity index (χ1) is 8.02. The summed E-state index contributed by atoms with van der Waals surface area (Å²) in [6.45, 7) is 5.41. The van der Waals surface area contributed by atoms with E-state index in [4.69, 9.17) is 5.11 Å². The largest absolute Gasteiger partial charge is 0.480 e. The first-order valence-electron chi connectivity index (χ1n) is 5.91. The van der Waals surface area contributed by atoms with E-state index in [1.165, 1.54) is 23.8 Å². The van der Waals surface area contributed by atoms with Crippen LogP contribution in [0.2, 0.25) is 0 Å². The molecule has 0 aromatic carbocycles. The third-order valence-electron chi connectivity index (χ3n) is 2.72. The normalized spacial score (nSPS) is 16.1. The molecule has 1 aliphatic rings. The van der Waals surface area contributed by atoms with Crippen LogP contribution in [-0.2, 0) is 4.79 Å². The van der Waals surface area contributed by atoms with E-state index in [0.29, 0.717) is 0 Å². The van der Waals surface area contributed by atoms with Crippen LogP contribution in [0, 0.1) is 5.92 Å². The van der Waals surface area contributed by atoms with Gasteiger partial charge in [0.1, 0.15) is 6.54 Å². The maximum atomic E-state index is 11.8. The minimum atomic E-state index is -1.02. The van der Waals surface area contributed by atoms with E-state index in [-0.39, 0.29) is 25.2 Å². The highest BCUT2D eigenvalue weighted by molar-refractivity contribution is 5.80. The average molecular weight is 240 g/mol. The van der Waals surface area contributed by atoms with Crippen molar-refractivity contribution >= 4 is 12.0 Å². The van der Waals surface area contributed by atoms with E-state index in [0.717, 1.165) is 12.3 Å². The van der Waals surface area contributed by atoms with Crippen LogP contribution < -0.4 is 5.32 Å². The Bertz CT molecular complexity index is 300. The second-order valence-electron chi connectivity index (χ2n) is 4.59. The molecule has 1 atom stereocenters. The topological polar surface area (TPSA) is 69.6 Å². The lowest BCUT2D eigenvalue weighted by molar-refractivity contribution is -0.137. The molecule has 1 unspecified atom stereocenters. The quantitative estimate of drug-likeness (QED) is 0.662. The molecule has 1 rings (SSSR count). The van der Waals surface area contributed by atoms with Gasteiger partial charge in [-0.15, -0.1) is 6.58 Å². The van der Waals surface area contributed by atoms with Gasteiger partial charge in [0.25, 0.3) is 0 Å². The van der Waals surface area contributed by atoms with Crippen molar-refractivity contribution in [3.8, 4) is 0 Å². The molecule has 0 bridgehead atoms. The summed E-state index contributed by atoms with van der Waals surface area (Å²) in [4.78, 5) is 23.6. The lowest BCUT2D eigenvalue weighted by Gasteiger charge is -2.22. The number of carboxylic acid groups (broad SMARTS) is 1. The number of urea groups is 1. The van der Waals surface area contributed by atoms with Gasteiger partial charge in [-0.05, 0) is 19.3 Å². The Morgan fingerprint density at radius 1 is 1.59 bits per heavy atom. The van der Waals surface area contributed by atoms with Gasteiger partial charge in [0, 0.05) is 12.6 Å². The van der Waals surface area contributed by atoms with Crippen molar-refractivity contribution in [2.24, 2.45) is 5.92 Å². The Labute approximate surface area is 101 Å². The summed E-state index contributed by atoms with van der Waals surface area (Å²) in [7, 11) is 0. The molecule has 0 heterocycles. The van der Waals surface area contributed by atoms with Crippen LogP contribution in [0.1, 0.15) is 26.2 Å². The van der Waals surface area contributed by atoms with E-state index in [1.54, 1.807) is 0 Å². The van der Waals surface area contributed by atoms with Gasteiger partial charge < -0.3 is 15.3 Å². The van der Waals surface area contributed by atoms with Crippen molar-refractivity contribution in [3.63, 3.8) is 0 Å². The van der Waals surface area contributed by atoms with Crippen molar-refractivity contribution in [1.29, 1.82) is 0 Å². The number of amides is 2. The Morgan fingerprint density at radius 2 is 2.24 bits per heavy atom. The number of carboxylic acids is 1. The minimum Gasteiger partial charge on any atom is -0.480 e. The number of carbonyl (C=O) groups is 2. The molecular formula is C12H20N2O3. The summed E-state index contributed by atoms with van der Waals surface area (Å²) >= 11 is 0. The van der Waals surface area contributed by atoms with Crippen molar-refractivity contribution in [1.82, 2.24) is 10.2 Å². The summed E-state index contributed by atoms with van der Waals surface area (Å²) < 4.78 is 0. The molecule has 1 fully saturated rings. The maximum Gasteiger partial charge on any atom is 0.323 e. The molecule has 2 amide bonds. The number of hydrogen-bond donors (Lipinski definition) is 2. The fraction of sp³-hybridized carbons (Fsp3) is 0.667. The molecule has 5 heteroatoms. The van der Waals surface area contributed by atoms with Crippen molar-refractivity contribution in [2.45, 2.75) is 32.2 Å². The van der Waals surface area contributed by atoms with E-state index >= 15 is 0 Å². The highest BCUT2D eigenvalue weighted by Crippen LogP contribution is 2.33. The van der Waals surface area contributed by atoms with Gasteiger partial charge in [0.05, 0.1) is 0 Å². The fourth-order valence-electron chi connectivity index (χ4n) is 1.75. The molecule has 5 nitrogen and oxygen atoms in total. The summed E-state index contributed by atoms with van der Waals surface area (Å²) in [6, 6.07) is -0.239. The molecule has 1 saturated carbocycles. The van der Waals surface area contributed by atoms with Crippen LogP contribution in [0.15, 0.2) is 12.7 Å². The van der Waals surface area contributed by atoms with Crippen molar-refractivity contribution in [2.75, 3.05) is 13.1 Å². The van der Waals surface area contributed by atoms with Crippen LogP contribution in [-0.4, -0.2) is 41.1 Å². The molecule has 0 spiro atoms. The molecule has 0 saturated heterocycles. The zero-order valence-corrected chi connectivity index (χ0v) is 10.2. The summed E-state index contributed by atoms with van der Waals surface area (Å²) in [5, 5.41) is 11.5. The zero-order valence-electron chi connectivity index (χ0n) is 10.2. The highest BCUT2D eigenvalue weighted by Gasteiger charge is 2.25.